The molecule has 1 N–H and O–H groups in total. The van der Waals surface area contributed by atoms with Crippen molar-refractivity contribution in [1.82, 2.24) is 19.3 Å². The molecule has 146 valence electrons. The lowest BCUT2D eigenvalue weighted by Gasteiger charge is -2.40. The van der Waals surface area contributed by atoms with Gasteiger partial charge in [-0.3, -0.25) is 9.55 Å². The number of likely N-dealkylation sites (tertiary alicyclic amines) is 1. The summed E-state index contributed by atoms with van der Waals surface area (Å²) in [5.41, 5.74) is 1.05. The topological polar surface area (TPSA) is 49.3 Å². The monoisotopic (exact) mass is 388 g/mol. The SMILES string of the molecule is COCCn1c(-c2ccncc2)nn(C[NH+]2CCC[C@H]3CCCC[C@@H]32)c1=S. The molecule has 0 aromatic carbocycles. The molecule has 0 bridgehead atoms. The summed E-state index contributed by atoms with van der Waals surface area (Å²) in [6.45, 7) is 3.45. The number of aromatic nitrogens is 4. The maximum Gasteiger partial charge on any atom is 0.203 e. The third kappa shape index (κ3) is 4.00. The van der Waals surface area contributed by atoms with E-state index in [-0.39, 0.29) is 0 Å². The molecule has 1 saturated carbocycles. The highest BCUT2D eigenvalue weighted by Crippen LogP contribution is 2.28. The van der Waals surface area contributed by atoms with E-state index in [4.69, 9.17) is 22.1 Å². The molecular weight excluding hydrogens is 358 g/mol. The third-order valence-corrected chi connectivity index (χ3v) is 6.67. The van der Waals surface area contributed by atoms with Crippen LogP contribution in [0.4, 0.5) is 0 Å². The average molecular weight is 389 g/mol. The number of rotatable bonds is 6. The molecular formula is C20H30N5OS+. The van der Waals surface area contributed by atoms with Crippen molar-refractivity contribution in [3.63, 3.8) is 0 Å². The molecule has 4 rings (SSSR count). The minimum absolute atomic E-state index is 0.624. The van der Waals surface area contributed by atoms with Crippen LogP contribution in [0.2, 0.25) is 0 Å². The Morgan fingerprint density at radius 3 is 2.78 bits per heavy atom. The van der Waals surface area contributed by atoms with Gasteiger partial charge in [-0.1, -0.05) is 6.42 Å². The summed E-state index contributed by atoms with van der Waals surface area (Å²) in [5, 5.41) is 4.94. The Morgan fingerprint density at radius 2 is 1.96 bits per heavy atom. The summed E-state index contributed by atoms with van der Waals surface area (Å²) in [4.78, 5) is 5.80. The quantitative estimate of drug-likeness (QED) is 0.772. The van der Waals surface area contributed by atoms with Gasteiger partial charge in [0.25, 0.3) is 0 Å². The molecule has 6 nitrogen and oxygen atoms in total. The van der Waals surface area contributed by atoms with Gasteiger partial charge in [0.15, 0.2) is 12.5 Å². The molecule has 0 radical (unpaired) electrons. The molecule has 3 heterocycles. The predicted molar refractivity (Wildman–Crippen MR) is 107 cm³/mol. The van der Waals surface area contributed by atoms with Crippen LogP contribution >= 0.6 is 12.2 Å². The second-order valence-corrected chi connectivity index (χ2v) is 8.21. The number of nitrogens with zero attached hydrogens (tertiary/aromatic N) is 4. The van der Waals surface area contributed by atoms with Crippen LogP contribution in [0.25, 0.3) is 11.4 Å². The van der Waals surface area contributed by atoms with Crippen LogP contribution in [-0.2, 0) is 18.0 Å². The molecule has 1 saturated heterocycles. The lowest BCUT2D eigenvalue weighted by atomic mass is 9.78. The van der Waals surface area contributed by atoms with Crippen LogP contribution in [0.15, 0.2) is 24.5 Å². The highest BCUT2D eigenvalue weighted by Gasteiger charge is 2.36. The summed E-state index contributed by atoms with van der Waals surface area (Å²) in [7, 11) is 1.72. The first-order chi connectivity index (χ1) is 13.3. The molecule has 2 aliphatic rings. The molecule has 2 aromatic heterocycles. The van der Waals surface area contributed by atoms with E-state index in [1.807, 2.05) is 16.8 Å². The van der Waals surface area contributed by atoms with Crippen LogP contribution in [-0.4, -0.2) is 45.6 Å². The first-order valence-electron chi connectivity index (χ1n) is 10.2. The number of nitrogens with one attached hydrogen (secondary N) is 1. The Hall–Kier alpha value is -1.57. The van der Waals surface area contributed by atoms with Crippen molar-refractivity contribution in [2.24, 2.45) is 5.92 Å². The highest BCUT2D eigenvalue weighted by atomic mass is 32.1. The van der Waals surface area contributed by atoms with Gasteiger partial charge >= 0.3 is 0 Å². The smallest absolute Gasteiger partial charge is 0.203 e. The number of hydrogen-bond acceptors (Lipinski definition) is 4. The van der Waals surface area contributed by atoms with Gasteiger partial charge in [0.2, 0.25) is 4.77 Å². The molecule has 0 amide bonds. The Bertz CT molecular complexity index is 800. The molecule has 3 atom stereocenters. The average Bonchev–Trinajstić information content (AvgIpc) is 3.03. The Labute approximate surface area is 166 Å². The van der Waals surface area contributed by atoms with Crippen molar-refractivity contribution in [2.45, 2.75) is 57.8 Å². The van der Waals surface area contributed by atoms with E-state index >= 15 is 0 Å². The van der Waals surface area contributed by atoms with E-state index in [9.17, 15) is 0 Å². The zero-order valence-electron chi connectivity index (χ0n) is 16.1. The molecule has 2 aromatic rings. The van der Waals surface area contributed by atoms with Gasteiger partial charge in [-0.05, 0) is 56.5 Å². The number of hydrogen-bond donors (Lipinski definition) is 1. The molecule has 1 aliphatic carbocycles. The van der Waals surface area contributed by atoms with Gasteiger partial charge in [-0.25, -0.2) is 0 Å². The number of pyridine rings is 1. The zero-order chi connectivity index (χ0) is 18.6. The van der Waals surface area contributed by atoms with Crippen LogP contribution < -0.4 is 4.90 Å². The van der Waals surface area contributed by atoms with Gasteiger partial charge in [0.1, 0.15) is 0 Å². The summed E-state index contributed by atoms with van der Waals surface area (Å²) >= 11 is 5.82. The van der Waals surface area contributed by atoms with Crippen LogP contribution in [0.1, 0.15) is 38.5 Å². The van der Waals surface area contributed by atoms with E-state index in [2.05, 4.69) is 9.55 Å². The minimum atomic E-state index is 0.624. The van der Waals surface area contributed by atoms with Gasteiger partial charge < -0.3 is 9.64 Å². The Kier molecular flexibility index (Phi) is 6.00. The first kappa shape index (κ1) is 18.8. The molecule has 0 spiro atoms. The fourth-order valence-corrected chi connectivity index (χ4v) is 5.18. The normalized spacial score (nSPS) is 25.3. The molecule has 2 fully saturated rings. The maximum atomic E-state index is 5.82. The van der Waals surface area contributed by atoms with Gasteiger partial charge in [0.05, 0.1) is 25.7 Å². The standard InChI is InChI=1S/C20H29N5OS/c1-26-14-13-24-19(17-8-10-21-11-9-17)22-25(20(24)27)15-23-12-4-6-16-5-2-3-7-18(16)23/h8-11,16,18H,2-7,12-15H2,1H3/p+1/t16-,18+/m1/s1. The van der Waals surface area contributed by atoms with Gasteiger partial charge in [-0.2, -0.15) is 4.68 Å². The fraction of sp³-hybridized carbons (Fsp3) is 0.650. The van der Waals surface area contributed by atoms with Crippen LogP contribution in [0, 0.1) is 10.7 Å². The van der Waals surface area contributed by atoms with Crippen LogP contribution in [0.5, 0.6) is 0 Å². The van der Waals surface area contributed by atoms with E-state index < -0.39 is 0 Å². The number of fused-ring (bicyclic) bond motifs is 1. The summed E-state index contributed by atoms with van der Waals surface area (Å²) in [5.74, 6) is 1.81. The second-order valence-electron chi connectivity index (χ2n) is 7.85. The van der Waals surface area contributed by atoms with Crippen LogP contribution in [0.3, 0.4) is 0 Å². The molecule has 7 heteroatoms. The van der Waals surface area contributed by atoms with Crippen molar-refractivity contribution in [3.8, 4) is 11.4 Å². The lowest BCUT2D eigenvalue weighted by Crippen LogP contribution is -3.17. The van der Waals surface area contributed by atoms with E-state index in [1.54, 1.807) is 24.4 Å². The number of quaternary nitrogens is 1. The summed E-state index contributed by atoms with van der Waals surface area (Å²) < 4.78 is 10.3. The maximum absolute atomic E-state index is 5.82. The fourth-order valence-electron chi connectivity index (χ4n) is 4.90. The Balaban J connectivity index is 1.62. The van der Waals surface area contributed by atoms with Crippen molar-refractivity contribution in [2.75, 3.05) is 20.3 Å². The van der Waals surface area contributed by atoms with E-state index in [1.165, 1.54) is 45.1 Å². The van der Waals surface area contributed by atoms with Gasteiger partial charge in [-0.15, -0.1) is 5.10 Å². The van der Waals surface area contributed by atoms with E-state index in [0.717, 1.165) is 34.8 Å². The van der Waals surface area contributed by atoms with Crippen molar-refractivity contribution in [1.29, 1.82) is 0 Å². The highest BCUT2D eigenvalue weighted by molar-refractivity contribution is 7.71. The van der Waals surface area contributed by atoms with Crippen molar-refractivity contribution in [3.05, 3.63) is 29.3 Å². The zero-order valence-corrected chi connectivity index (χ0v) is 17.0. The molecule has 27 heavy (non-hydrogen) atoms. The second kappa shape index (κ2) is 8.63. The molecule has 1 aliphatic heterocycles. The van der Waals surface area contributed by atoms with Crippen molar-refractivity contribution < 1.29 is 9.64 Å². The predicted octanol–water partition coefficient (Wildman–Crippen LogP) is 2.32. The number of ether oxygens (including phenoxy) is 1. The number of piperidine rings is 1. The van der Waals surface area contributed by atoms with Gasteiger partial charge in [0, 0.05) is 31.0 Å². The minimum Gasteiger partial charge on any atom is -0.383 e. The lowest BCUT2D eigenvalue weighted by molar-refractivity contribution is -0.958. The largest absolute Gasteiger partial charge is 0.383 e. The summed E-state index contributed by atoms with van der Waals surface area (Å²) in [6, 6.07) is 4.77. The number of methoxy groups -OCH3 is 1. The third-order valence-electron chi connectivity index (χ3n) is 6.24. The molecule has 1 unspecified atom stereocenters. The Morgan fingerprint density at radius 1 is 1.19 bits per heavy atom. The van der Waals surface area contributed by atoms with Crippen molar-refractivity contribution >= 4 is 12.2 Å². The van der Waals surface area contributed by atoms with E-state index in [0.29, 0.717) is 13.2 Å². The summed E-state index contributed by atoms with van der Waals surface area (Å²) in [6.07, 6.45) is 11.9. The first-order valence-corrected chi connectivity index (χ1v) is 10.6.